The van der Waals surface area contributed by atoms with E-state index in [1.54, 1.807) is 78.8 Å². The van der Waals surface area contributed by atoms with Crippen molar-refractivity contribution in [1.82, 2.24) is 10.2 Å². The zero-order valence-corrected chi connectivity index (χ0v) is 23.0. The number of carbonyl (C=O) groups excluding carboxylic acids is 3. The molecule has 0 saturated carbocycles. The molecule has 0 heterocycles. The number of aromatic hydroxyl groups is 1. The fraction of sp³-hybridized carbons (Fsp3) is 0.444. The summed E-state index contributed by atoms with van der Waals surface area (Å²) in [5, 5.41) is 25.7. The predicted molar refractivity (Wildman–Crippen MR) is 143 cm³/mol. The molecule has 0 saturated heterocycles. The van der Waals surface area contributed by atoms with Crippen LogP contribution in [0.1, 0.15) is 58.7 Å². The number of phenolic OH excluding ortho intramolecular Hbond substituents is 1. The number of aliphatic hydroxyl groups is 1. The molecule has 0 aromatic heterocycles. The average Bonchev–Trinajstić information content (AvgIpc) is 2.75. The zero-order chi connectivity index (χ0) is 28.1. The van der Waals surface area contributed by atoms with Crippen molar-refractivity contribution >= 4 is 35.2 Å². The zero-order valence-electron chi connectivity index (χ0n) is 22.3. The van der Waals surface area contributed by atoms with Gasteiger partial charge in [0.2, 0.25) is 5.91 Å². The van der Waals surface area contributed by atoms with Crippen LogP contribution < -0.4 is 10.6 Å². The summed E-state index contributed by atoms with van der Waals surface area (Å²) in [6.45, 7) is 11.2. The molecule has 0 fully saturated rings. The van der Waals surface area contributed by atoms with Crippen molar-refractivity contribution in [3.63, 3.8) is 0 Å². The molecular weight excluding hydrogens is 498 g/mol. The van der Waals surface area contributed by atoms with Crippen LogP contribution in [0.15, 0.2) is 42.5 Å². The molecule has 2 aromatic rings. The van der Waals surface area contributed by atoms with Gasteiger partial charge in [-0.3, -0.25) is 9.59 Å². The van der Waals surface area contributed by atoms with Gasteiger partial charge in [-0.2, -0.15) is 0 Å². The molecule has 0 aliphatic carbocycles. The SMILES string of the molecule is Cc1cccc(Cl)c1NC(=O)C(c1cccc(O)c1)N(C(=O)C(CO)NC(=O)OC(C)(C)C)C(C)(C)C. The van der Waals surface area contributed by atoms with Crippen molar-refractivity contribution in [3.8, 4) is 5.75 Å². The Labute approximate surface area is 222 Å². The minimum Gasteiger partial charge on any atom is -0.508 e. The number of nitrogens with one attached hydrogen (secondary N) is 2. The van der Waals surface area contributed by atoms with Crippen LogP contribution in [0.2, 0.25) is 5.02 Å². The number of para-hydroxylation sites is 1. The number of aliphatic hydroxyl groups excluding tert-OH is 1. The lowest BCUT2D eigenvalue weighted by atomic mass is 9.95. The van der Waals surface area contributed by atoms with Gasteiger partial charge >= 0.3 is 6.09 Å². The molecule has 2 rings (SSSR count). The fourth-order valence-corrected chi connectivity index (χ4v) is 4.01. The summed E-state index contributed by atoms with van der Waals surface area (Å²) in [4.78, 5) is 41.3. The van der Waals surface area contributed by atoms with Gasteiger partial charge in [0.05, 0.1) is 17.3 Å². The maximum atomic E-state index is 13.8. The largest absolute Gasteiger partial charge is 0.508 e. The van der Waals surface area contributed by atoms with Crippen molar-refractivity contribution in [3.05, 3.63) is 58.6 Å². The van der Waals surface area contributed by atoms with Crippen LogP contribution in [-0.4, -0.2) is 56.8 Å². The van der Waals surface area contributed by atoms with E-state index in [-0.39, 0.29) is 5.75 Å². The van der Waals surface area contributed by atoms with E-state index in [4.69, 9.17) is 16.3 Å². The number of hydrogen-bond donors (Lipinski definition) is 4. The molecule has 4 N–H and O–H groups in total. The second-order valence-corrected chi connectivity index (χ2v) is 11.1. The molecule has 2 aromatic carbocycles. The van der Waals surface area contributed by atoms with Gasteiger partial charge in [0.25, 0.3) is 5.91 Å². The van der Waals surface area contributed by atoms with E-state index in [2.05, 4.69) is 10.6 Å². The van der Waals surface area contributed by atoms with Crippen LogP contribution in [-0.2, 0) is 14.3 Å². The first-order valence-electron chi connectivity index (χ1n) is 11.8. The number of rotatable bonds is 7. The number of amides is 3. The van der Waals surface area contributed by atoms with Crippen LogP contribution in [0.3, 0.4) is 0 Å². The second kappa shape index (κ2) is 11.8. The predicted octanol–water partition coefficient (Wildman–Crippen LogP) is 4.55. The Morgan fingerprint density at radius 1 is 1.05 bits per heavy atom. The van der Waals surface area contributed by atoms with E-state index < -0.39 is 47.7 Å². The molecule has 0 aliphatic heterocycles. The minimum atomic E-state index is -1.40. The van der Waals surface area contributed by atoms with Crippen molar-refractivity contribution in [2.24, 2.45) is 0 Å². The second-order valence-electron chi connectivity index (χ2n) is 10.7. The topological polar surface area (TPSA) is 128 Å². The Bertz CT molecular complexity index is 1120. The van der Waals surface area contributed by atoms with Gasteiger partial charge in [0.15, 0.2) is 0 Å². The molecule has 0 bridgehead atoms. The summed E-state index contributed by atoms with van der Waals surface area (Å²) in [7, 11) is 0. The highest BCUT2D eigenvalue weighted by molar-refractivity contribution is 6.34. The fourth-order valence-electron chi connectivity index (χ4n) is 3.74. The van der Waals surface area contributed by atoms with Crippen LogP contribution in [0.5, 0.6) is 5.75 Å². The molecule has 202 valence electrons. The molecule has 0 spiro atoms. The standard InChI is InChI=1S/C27H36ClN3O6/c1-16-10-8-13-19(28)21(16)30-23(34)22(17-11-9-12-18(33)14-17)31(26(2,3)4)24(35)20(15-32)29-25(36)37-27(5,6)7/h8-14,20,22,32-33H,15H2,1-7H3,(H,29,36)(H,30,34). The number of nitrogens with zero attached hydrogens (tertiary/aromatic N) is 1. The third kappa shape index (κ3) is 8.10. The Morgan fingerprint density at radius 3 is 2.19 bits per heavy atom. The monoisotopic (exact) mass is 533 g/mol. The first-order valence-corrected chi connectivity index (χ1v) is 12.2. The van der Waals surface area contributed by atoms with Crippen molar-refractivity contribution in [1.29, 1.82) is 0 Å². The van der Waals surface area contributed by atoms with Gasteiger partial charge in [0.1, 0.15) is 23.4 Å². The number of anilines is 1. The number of ether oxygens (including phenoxy) is 1. The number of carbonyl (C=O) groups is 3. The lowest BCUT2D eigenvalue weighted by Crippen LogP contribution is -2.59. The normalized spacial score (nSPS) is 13.3. The van der Waals surface area contributed by atoms with Crippen molar-refractivity contribution in [2.45, 2.75) is 71.7 Å². The summed E-state index contributed by atoms with van der Waals surface area (Å²) in [6, 6.07) is 8.49. The molecule has 2 unspecified atom stereocenters. The van der Waals surface area contributed by atoms with Gasteiger partial charge in [-0.05, 0) is 77.8 Å². The van der Waals surface area contributed by atoms with Gasteiger partial charge in [0, 0.05) is 5.54 Å². The van der Waals surface area contributed by atoms with Gasteiger partial charge < -0.3 is 30.5 Å². The number of benzene rings is 2. The first-order chi connectivity index (χ1) is 17.0. The Kier molecular flexibility index (Phi) is 9.57. The number of halogens is 1. The van der Waals surface area contributed by atoms with Crippen molar-refractivity contribution in [2.75, 3.05) is 11.9 Å². The van der Waals surface area contributed by atoms with Gasteiger partial charge in [-0.15, -0.1) is 0 Å². The van der Waals surface area contributed by atoms with Crippen LogP contribution in [0, 0.1) is 6.92 Å². The minimum absolute atomic E-state index is 0.101. The summed E-state index contributed by atoms with van der Waals surface area (Å²) in [5.41, 5.74) is -0.383. The van der Waals surface area contributed by atoms with E-state index in [0.29, 0.717) is 21.8 Å². The number of phenols is 1. The number of aryl methyl sites for hydroxylation is 1. The lowest BCUT2D eigenvalue weighted by molar-refractivity contribution is -0.147. The molecule has 3 amide bonds. The van der Waals surface area contributed by atoms with Crippen molar-refractivity contribution < 1.29 is 29.3 Å². The summed E-state index contributed by atoms with van der Waals surface area (Å²) < 4.78 is 5.24. The number of hydrogen-bond acceptors (Lipinski definition) is 6. The van der Waals surface area contributed by atoms with E-state index in [0.717, 1.165) is 0 Å². The highest BCUT2D eigenvalue weighted by Gasteiger charge is 2.42. The molecule has 0 aliphatic rings. The smallest absolute Gasteiger partial charge is 0.408 e. The van der Waals surface area contributed by atoms with Crippen LogP contribution in [0.4, 0.5) is 10.5 Å². The number of alkyl carbamates (subject to hydrolysis) is 1. The molecular formula is C27H36ClN3O6. The quantitative estimate of drug-likeness (QED) is 0.413. The van der Waals surface area contributed by atoms with Crippen LogP contribution in [0.25, 0.3) is 0 Å². The van der Waals surface area contributed by atoms with Gasteiger partial charge in [-0.25, -0.2) is 4.79 Å². The van der Waals surface area contributed by atoms with Crippen LogP contribution >= 0.6 is 11.6 Å². The maximum Gasteiger partial charge on any atom is 0.408 e. The maximum absolute atomic E-state index is 13.8. The highest BCUT2D eigenvalue weighted by atomic mass is 35.5. The summed E-state index contributed by atoms with van der Waals surface area (Å²) >= 11 is 6.33. The molecule has 10 heteroatoms. The van der Waals surface area contributed by atoms with E-state index >= 15 is 0 Å². The molecule has 9 nitrogen and oxygen atoms in total. The Hall–Kier alpha value is -3.30. The third-order valence-electron chi connectivity index (χ3n) is 5.29. The Balaban J connectivity index is 2.57. The first kappa shape index (κ1) is 29.9. The molecule has 37 heavy (non-hydrogen) atoms. The molecule has 0 radical (unpaired) electrons. The lowest BCUT2D eigenvalue weighted by Gasteiger charge is -2.42. The highest BCUT2D eigenvalue weighted by Crippen LogP contribution is 2.34. The average molecular weight is 534 g/mol. The third-order valence-corrected chi connectivity index (χ3v) is 5.61. The molecule has 2 atom stereocenters. The van der Waals surface area contributed by atoms with E-state index in [1.165, 1.54) is 17.0 Å². The van der Waals surface area contributed by atoms with E-state index in [9.17, 15) is 24.6 Å². The van der Waals surface area contributed by atoms with E-state index in [1.807, 2.05) is 0 Å². The summed E-state index contributed by atoms with van der Waals surface area (Å²) in [5.74, 6) is -1.42. The Morgan fingerprint density at radius 2 is 1.68 bits per heavy atom. The van der Waals surface area contributed by atoms with Gasteiger partial charge in [-0.1, -0.05) is 35.9 Å². The summed E-state index contributed by atoms with van der Waals surface area (Å²) in [6.07, 6.45) is -0.890.